The fraction of sp³-hybridized carbons (Fsp3) is 0.0714. The van der Waals surface area contributed by atoms with E-state index in [1.807, 2.05) is 18.2 Å². The summed E-state index contributed by atoms with van der Waals surface area (Å²) in [5.74, 6) is 0.0222. The first-order chi connectivity index (χ1) is 10.0. The normalized spacial score (nSPS) is 11.5. The molecule has 2 aromatic rings. The first kappa shape index (κ1) is 15.9. The fourth-order valence-electron chi connectivity index (χ4n) is 1.74. The lowest BCUT2D eigenvalue weighted by molar-refractivity contribution is 0.318. The number of halogens is 3. The number of amidine groups is 1. The van der Waals surface area contributed by atoms with Crippen LogP contribution in [0.5, 0.6) is 0 Å². The van der Waals surface area contributed by atoms with Gasteiger partial charge in [-0.3, -0.25) is 0 Å². The van der Waals surface area contributed by atoms with Crippen molar-refractivity contribution >= 4 is 50.7 Å². The molecule has 0 amide bonds. The van der Waals surface area contributed by atoms with Crippen LogP contribution in [0.25, 0.3) is 0 Å². The Morgan fingerprint density at radius 2 is 2.00 bits per heavy atom. The number of anilines is 1. The van der Waals surface area contributed by atoms with Gasteiger partial charge in [0.25, 0.3) is 0 Å². The molecule has 0 spiro atoms. The molecule has 0 saturated carbocycles. The van der Waals surface area contributed by atoms with E-state index in [2.05, 4.69) is 26.4 Å². The van der Waals surface area contributed by atoms with E-state index < -0.39 is 0 Å². The summed E-state index contributed by atoms with van der Waals surface area (Å²) in [6, 6.07) is 10.8. The third kappa shape index (κ3) is 3.81. The van der Waals surface area contributed by atoms with Crippen LogP contribution in [-0.2, 0) is 6.54 Å². The predicted molar refractivity (Wildman–Crippen MR) is 90.4 cm³/mol. The van der Waals surface area contributed by atoms with Crippen LogP contribution < -0.4 is 11.1 Å². The fourth-order valence-corrected chi connectivity index (χ4v) is 2.56. The molecule has 0 aliphatic heterocycles. The van der Waals surface area contributed by atoms with Crippen LogP contribution in [0, 0.1) is 0 Å². The summed E-state index contributed by atoms with van der Waals surface area (Å²) in [7, 11) is 0. The monoisotopic (exact) mass is 387 g/mol. The Morgan fingerprint density at radius 1 is 1.24 bits per heavy atom. The Balaban J connectivity index is 2.15. The number of hydrogen-bond acceptors (Lipinski definition) is 3. The van der Waals surface area contributed by atoms with Crippen LogP contribution >= 0.6 is 39.1 Å². The molecule has 2 aromatic carbocycles. The van der Waals surface area contributed by atoms with Gasteiger partial charge < -0.3 is 16.3 Å². The number of nitrogens with one attached hydrogen (secondary N) is 1. The Hall–Kier alpha value is -1.43. The molecule has 0 unspecified atom stereocenters. The van der Waals surface area contributed by atoms with E-state index >= 15 is 0 Å². The van der Waals surface area contributed by atoms with Gasteiger partial charge in [-0.15, -0.1) is 0 Å². The Labute approximate surface area is 140 Å². The Morgan fingerprint density at radius 3 is 2.67 bits per heavy atom. The number of nitrogens with two attached hydrogens (primary N) is 1. The van der Waals surface area contributed by atoms with Gasteiger partial charge in [0.1, 0.15) is 0 Å². The molecule has 4 nitrogen and oxygen atoms in total. The minimum Gasteiger partial charge on any atom is -0.409 e. The van der Waals surface area contributed by atoms with E-state index in [4.69, 9.17) is 34.1 Å². The molecular formula is C14H12BrCl2N3O. The SMILES string of the molecule is N/C(=N/O)c1ccc(CNc2cccc(Cl)c2Br)c(Cl)c1. The van der Waals surface area contributed by atoms with Crippen LogP contribution in [0.3, 0.4) is 0 Å². The van der Waals surface area contributed by atoms with Crippen LogP contribution in [0.15, 0.2) is 46.0 Å². The van der Waals surface area contributed by atoms with Crippen molar-refractivity contribution in [2.75, 3.05) is 5.32 Å². The van der Waals surface area contributed by atoms with Crippen molar-refractivity contribution in [1.29, 1.82) is 0 Å². The molecule has 7 heteroatoms. The van der Waals surface area contributed by atoms with E-state index in [1.165, 1.54) is 0 Å². The molecule has 0 radical (unpaired) electrons. The zero-order valence-corrected chi connectivity index (χ0v) is 13.9. The van der Waals surface area contributed by atoms with Crippen LogP contribution in [0.4, 0.5) is 5.69 Å². The Kier molecular flexibility index (Phi) is 5.33. The maximum atomic E-state index is 8.65. The molecule has 110 valence electrons. The molecule has 0 bridgehead atoms. The molecule has 0 aromatic heterocycles. The lowest BCUT2D eigenvalue weighted by Crippen LogP contribution is -2.13. The minimum atomic E-state index is 0.0222. The number of benzene rings is 2. The van der Waals surface area contributed by atoms with E-state index in [1.54, 1.807) is 18.2 Å². The molecule has 4 N–H and O–H groups in total. The number of oxime groups is 1. The number of hydrogen-bond donors (Lipinski definition) is 3. The highest BCUT2D eigenvalue weighted by Crippen LogP contribution is 2.30. The van der Waals surface area contributed by atoms with Crippen molar-refractivity contribution in [3.8, 4) is 0 Å². The minimum absolute atomic E-state index is 0.0222. The maximum absolute atomic E-state index is 8.65. The molecule has 0 heterocycles. The zero-order valence-electron chi connectivity index (χ0n) is 10.8. The number of rotatable bonds is 4. The van der Waals surface area contributed by atoms with Gasteiger partial charge in [-0.1, -0.05) is 46.6 Å². The molecule has 2 rings (SSSR count). The first-order valence-electron chi connectivity index (χ1n) is 5.97. The van der Waals surface area contributed by atoms with Crippen LogP contribution in [-0.4, -0.2) is 11.0 Å². The molecule has 0 atom stereocenters. The molecule has 0 saturated heterocycles. The van der Waals surface area contributed by atoms with E-state index in [9.17, 15) is 0 Å². The van der Waals surface area contributed by atoms with Crippen molar-refractivity contribution in [2.24, 2.45) is 10.9 Å². The lowest BCUT2D eigenvalue weighted by atomic mass is 10.1. The van der Waals surface area contributed by atoms with Gasteiger partial charge >= 0.3 is 0 Å². The van der Waals surface area contributed by atoms with E-state index in [0.717, 1.165) is 15.7 Å². The standard InChI is InChI=1S/C14H12BrCl2N3O/c15-13-10(16)2-1-3-12(13)19-7-9-5-4-8(6-11(9)17)14(18)20-21/h1-6,19,21H,7H2,(H2,18,20). The van der Waals surface area contributed by atoms with Gasteiger partial charge in [-0.2, -0.15) is 0 Å². The largest absolute Gasteiger partial charge is 0.409 e. The van der Waals surface area contributed by atoms with Gasteiger partial charge in [-0.05, 0) is 39.7 Å². The second-order valence-electron chi connectivity index (χ2n) is 4.25. The summed E-state index contributed by atoms with van der Waals surface area (Å²) in [4.78, 5) is 0. The Bertz CT molecular complexity index is 692. The van der Waals surface area contributed by atoms with Crippen molar-refractivity contribution < 1.29 is 5.21 Å². The highest BCUT2D eigenvalue weighted by Gasteiger charge is 2.07. The van der Waals surface area contributed by atoms with Gasteiger partial charge in [0.05, 0.1) is 15.2 Å². The second-order valence-corrected chi connectivity index (χ2v) is 5.85. The third-order valence-electron chi connectivity index (χ3n) is 2.88. The quantitative estimate of drug-likeness (QED) is 0.313. The van der Waals surface area contributed by atoms with Gasteiger partial charge in [0.15, 0.2) is 5.84 Å². The average molecular weight is 389 g/mol. The smallest absolute Gasteiger partial charge is 0.170 e. The summed E-state index contributed by atoms with van der Waals surface area (Å²) >= 11 is 15.7. The molecule has 0 aliphatic carbocycles. The molecular weight excluding hydrogens is 377 g/mol. The highest BCUT2D eigenvalue weighted by atomic mass is 79.9. The predicted octanol–water partition coefficient (Wildman–Crippen LogP) is 4.46. The summed E-state index contributed by atoms with van der Waals surface area (Å²) in [5, 5.41) is 16.0. The van der Waals surface area contributed by atoms with Crippen molar-refractivity contribution in [2.45, 2.75) is 6.54 Å². The molecule has 0 fully saturated rings. The second kappa shape index (κ2) is 7.02. The zero-order chi connectivity index (χ0) is 15.4. The lowest BCUT2D eigenvalue weighted by Gasteiger charge is -2.11. The van der Waals surface area contributed by atoms with Gasteiger partial charge in [0, 0.05) is 17.1 Å². The summed E-state index contributed by atoms with van der Waals surface area (Å²) < 4.78 is 0.802. The van der Waals surface area contributed by atoms with Crippen molar-refractivity contribution in [1.82, 2.24) is 0 Å². The van der Waals surface area contributed by atoms with Gasteiger partial charge in [-0.25, -0.2) is 0 Å². The third-order valence-corrected chi connectivity index (χ3v) is 4.63. The van der Waals surface area contributed by atoms with Crippen molar-refractivity contribution in [3.63, 3.8) is 0 Å². The first-order valence-corrected chi connectivity index (χ1v) is 7.52. The average Bonchev–Trinajstić information content (AvgIpc) is 2.49. The highest BCUT2D eigenvalue weighted by molar-refractivity contribution is 9.10. The van der Waals surface area contributed by atoms with E-state index in [0.29, 0.717) is 22.2 Å². The topological polar surface area (TPSA) is 70.6 Å². The summed E-state index contributed by atoms with van der Waals surface area (Å²) in [5.41, 5.74) is 7.85. The molecule has 0 aliphatic rings. The van der Waals surface area contributed by atoms with Crippen molar-refractivity contribution in [3.05, 3.63) is 62.0 Å². The van der Waals surface area contributed by atoms with E-state index in [-0.39, 0.29) is 5.84 Å². The molecule has 21 heavy (non-hydrogen) atoms. The van der Waals surface area contributed by atoms with Gasteiger partial charge in [0.2, 0.25) is 0 Å². The van der Waals surface area contributed by atoms with Crippen LogP contribution in [0.1, 0.15) is 11.1 Å². The van der Waals surface area contributed by atoms with Crippen LogP contribution in [0.2, 0.25) is 10.0 Å². The number of nitrogens with zero attached hydrogens (tertiary/aromatic N) is 1. The summed E-state index contributed by atoms with van der Waals surface area (Å²) in [6.07, 6.45) is 0. The maximum Gasteiger partial charge on any atom is 0.170 e. The summed E-state index contributed by atoms with van der Waals surface area (Å²) in [6.45, 7) is 0.522.